The first kappa shape index (κ1) is 20.0. The molecule has 1 aliphatic carbocycles. The quantitative estimate of drug-likeness (QED) is 0.600. The van der Waals surface area contributed by atoms with E-state index < -0.39 is 0 Å². The van der Waals surface area contributed by atoms with E-state index in [1.807, 2.05) is 6.92 Å². The highest BCUT2D eigenvalue weighted by molar-refractivity contribution is 7.17. The second kappa shape index (κ2) is 9.95. The Bertz CT molecular complexity index is 594. The number of hydrogen-bond donors (Lipinski definition) is 1. The lowest BCUT2D eigenvalue weighted by atomic mass is 9.95. The third-order valence-electron chi connectivity index (χ3n) is 4.82. The van der Waals surface area contributed by atoms with E-state index in [2.05, 4.69) is 19.2 Å². The number of unbranched alkanes of at least 4 members (excludes halogenated alkanes) is 1. The predicted molar refractivity (Wildman–Crippen MR) is 103 cm³/mol. The van der Waals surface area contributed by atoms with Crippen LogP contribution in [0.2, 0.25) is 0 Å². The standard InChI is InChI=1S/C20H31NO3S/c1-4-7-10-14(6-3)18(22)21-19-17(20(23)24-13-5-2)15-11-8-9-12-16(15)25-19/h14H,4-13H2,1-3H3,(H,21,22)/t14-/m1/s1. The zero-order valence-corrected chi connectivity index (χ0v) is 16.6. The Kier molecular flexibility index (Phi) is 7.94. The van der Waals surface area contributed by atoms with Gasteiger partial charge >= 0.3 is 5.97 Å². The number of nitrogens with one attached hydrogen (secondary N) is 1. The van der Waals surface area contributed by atoms with Gasteiger partial charge in [-0.1, -0.05) is 33.6 Å². The van der Waals surface area contributed by atoms with Gasteiger partial charge in [0.1, 0.15) is 5.00 Å². The van der Waals surface area contributed by atoms with E-state index in [-0.39, 0.29) is 17.8 Å². The molecule has 4 nitrogen and oxygen atoms in total. The van der Waals surface area contributed by atoms with Crippen LogP contribution in [0.4, 0.5) is 5.00 Å². The van der Waals surface area contributed by atoms with E-state index in [1.54, 1.807) is 11.3 Å². The molecule has 0 bridgehead atoms. The van der Waals surface area contributed by atoms with Gasteiger partial charge in [-0.2, -0.15) is 0 Å². The van der Waals surface area contributed by atoms with Crippen LogP contribution < -0.4 is 5.32 Å². The monoisotopic (exact) mass is 365 g/mol. The van der Waals surface area contributed by atoms with Crippen LogP contribution in [0.15, 0.2) is 0 Å². The third kappa shape index (κ3) is 5.06. The summed E-state index contributed by atoms with van der Waals surface area (Å²) in [5.74, 6) is -0.226. The van der Waals surface area contributed by atoms with Gasteiger partial charge < -0.3 is 10.1 Å². The summed E-state index contributed by atoms with van der Waals surface area (Å²) in [6.07, 6.45) is 8.82. The molecule has 0 saturated heterocycles. The van der Waals surface area contributed by atoms with Crippen LogP contribution in [0.25, 0.3) is 0 Å². The van der Waals surface area contributed by atoms with E-state index in [1.165, 1.54) is 4.88 Å². The van der Waals surface area contributed by atoms with Crippen LogP contribution in [0.5, 0.6) is 0 Å². The Morgan fingerprint density at radius 1 is 1.16 bits per heavy atom. The lowest BCUT2D eigenvalue weighted by molar-refractivity contribution is -0.120. The normalized spacial score (nSPS) is 14.7. The second-order valence-corrected chi connectivity index (χ2v) is 7.89. The fraction of sp³-hybridized carbons (Fsp3) is 0.700. The fourth-order valence-corrected chi connectivity index (χ4v) is 4.60. The van der Waals surface area contributed by atoms with Crippen molar-refractivity contribution in [3.05, 3.63) is 16.0 Å². The van der Waals surface area contributed by atoms with E-state index >= 15 is 0 Å². The molecule has 1 aliphatic rings. The van der Waals surface area contributed by atoms with Crippen molar-refractivity contribution >= 4 is 28.2 Å². The average Bonchev–Trinajstić information content (AvgIpc) is 2.98. The zero-order valence-electron chi connectivity index (χ0n) is 15.8. The van der Waals surface area contributed by atoms with Gasteiger partial charge in [-0.3, -0.25) is 4.79 Å². The lowest BCUT2D eigenvalue weighted by Gasteiger charge is -2.15. The molecule has 1 N–H and O–H groups in total. The maximum absolute atomic E-state index is 12.7. The minimum absolute atomic E-state index is 0.0126. The smallest absolute Gasteiger partial charge is 0.341 e. The van der Waals surface area contributed by atoms with Gasteiger partial charge in [0.05, 0.1) is 12.2 Å². The molecule has 140 valence electrons. The van der Waals surface area contributed by atoms with Crippen molar-refractivity contribution in [1.82, 2.24) is 0 Å². The molecular formula is C20H31NO3S. The number of carbonyl (C=O) groups is 2. The molecule has 1 amide bonds. The van der Waals surface area contributed by atoms with Gasteiger partial charge in [-0.05, 0) is 50.5 Å². The largest absolute Gasteiger partial charge is 0.462 e. The number of aryl methyl sites for hydroxylation is 1. The lowest BCUT2D eigenvalue weighted by Crippen LogP contribution is -2.23. The molecule has 0 fully saturated rings. The molecule has 0 aliphatic heterocycles. The Hall–Kier alpha value is -1.36. The van der Waals surface area contributed by atoms with Crippen molar-refractivity contribution in [2.45, 2.75) is 78.6 Å². The number of hydrogen-bond acceptors (Lipinski definition) is 4. The Morgan fingerprint density at radius 3 is 2.60 bits per heavy atom. The van der Waals surface area contributed by atoms with Crippen LogP contribution in [-0.2, 0) is 22.4 Å². The summed E-state index contributed by atoms with van der Waals surface area (Å²) in [4.78, 5) is 26.5. The van der Waals surface area contributed by atoms with Crippen LogP contribution in [-0.4, -0.2) is 18.5 Å². The summed E-state index contributed by atoms with van der Waals surface area (Å²) < 4.78 is 5.39. The molecule has 5 heteroatoms. The van der Waals surface area contributed by atoms with Gasteiger partial charge in [-0.15, -0.1) is 11.3 Å². The van der Waals surface area contributed by atoms with Gasteiger partial charge in [0.2, 0.25) is 5.91 Å². The Balaban J connectivity index is 2.22. The summed E-state index contributed by atoms with van der Waals surface area (Å²) >= 11 is 1.57. The van der Waals surface area contributed by atoms with E-state index in [0.29, 0.717) is 17.2 Å². The predicted octanol–water partition coefficient (Wildman–Crippen LogP) is 5.35. The molecule has 1 heterocycles. The van der Waals surface area contributed by atoms with Gasteiger partial charge in [0.15, 0.2) is 0 Å². The molecule has 0 radical (unpaired) electrons. The molecule has 25 heavy (non-hydrogen) atoms. The van der Waals surface area contributed by atoms with Crippen molar-refractivity contribution in [1.29, 1.82) is 0 Å². The van der Waals surface area contributed by atoms with Crippen molar-refractivity contribution < 1.29 is 14.3 Å². The van der Waals surface area contributed by atoms with Gasteiger partial charge in [0, 0.05) is 10.8 Å². The number of ether oxygens (including phenoxy) is 1. The summed E-state index contributed by atoms with van der Waals surface area (Å²) in [7, 11) is 0. The van der Waals surface area contributed by atoms with Crippen molar-refractivity contribution in [3.8, 4) is 0 Å². The number of thiophene rings is 1. The molecule has 1 atom stereocenters. The summed E-state index contributed by atoms with van der Waals surface area (Å²) in [6.45, 7) is 6.60. The highest BCUT2D eigenvalue weighted by Gasteiger charge is 2.28. The number of amides is 1. The molecule has 1 aromatic rings. The molecule has 0 unspecified atom stereocenters. The van der Waals surface area contributed by atoms with E-state index in [9.17, 15) is 9.59 Å². The maximum Gasteiger partial charge on any atom is 0.341 e. The SMILES string of the molecule is CCCC[C@@H](CC)C(=O)Nc1sc2c(c1C(=O)OCCC)CCCC2. The van der Waals surface area contributed by atoms with Crippen molar-refractivity contribution in [3.63, 3.8) is 0 Å². The summed E-state index contributed by atoms with van der Waals surface area (Å²) in [5, 5.41) is 3.77. The summed E-state index contributed by atoms with van der Waals surface area (Å²) in [6, 6.07) is 0. The minimum atomic E-state index is -0.279. The number of fused-ring (bicyclic) bond motifs is 1. The summed E-state index contributed by atoms with van der Waals surface area (Å²) in [5.41, 5.74) is 1.72. The van der Waals surface area contributed by atoms with Crippen LogP contribution in [0.3, 0.4) is 0 Å². The van der Waals surface area contributed by atoms with Gasteiger partial charge in [0.25, 0.3) is 0 Å². The first-order valence-electron chi connectivity index (χ1n) is 9.74. The minimum Gasteiger partial charge on any atom is -0.462 e. The molecule has 0 saturated carbocycles. The van der Waals surface area contributed by atoms with Crippen LogP contribution in [0, 0.1) is 5.92 Å². The van der Waals surface area contributed by atoms with Crippen molar-refractivity contribution in [2.75, 3.05) is 11.9 Å². The fourth-order valence-electron chi connectivity index (χ4n) is 3.32. The van der Waals surface area contributed by atoms with Crippen molar-refractivity contribution in [2.24, 2.45) is 5.92 Å². The van der Waals surface area contributed by atoms with Crippen LogP contribution in [0.1, 0.15) is 86.5 Å². The number of anilines is 1. The number of rotatable bonds is 9. The molecule has 0 spiro atoms. The Labute approximate surface area is 155 Å². The highest BCUT2D eigenvalue weighted by atomic mass is 32.1. The molecule has 1 aromatic heterocycles. The third-order valence-corrected chi connectivity index (χ3v) is 6.03. The molecule has 0 aromatic carbocycles. The maximum atomic E-state index is 12.7. The number of esters is 1. The first-order valence-corrected chi connectivity index (χ1v) is 10.6. The highest BCUT2D eigenvalue weighted by Crippen LogP contribution is 2.39. The average molecular weight is 366 g/mol. The number of carbonyl (C=O) groups excluding carboxylic acids is 2. The topological polar surface area (TPSA) is 55.4 Å². The molecule has 2 rings (SSSR count). The molecular weight excluding hydrogens is 334 g/mol. The van der Waals surface area contributed by atoms with Crippen LogP contribution >= 0.6 is 11.3 Å². The first-order chi connectivity index (χ1) is 12.1. The van der Waals surface area contributed by atoms with E-state index in [0.717, 1.165) is 63.4 Å². The van der Waals surface area contributed by atoms with Gasteiger partial charge in [-0.25, -0.2) is 4.79 Å². The Morgan fingerprint density at radius 2 is 1.92 bits per heavy atom. The zero-order chi connectivity index (χ0) is 18.2. The van der Waals surface area contributed by atoms with E-state index in [4.69, 9.17) is 4.74 Å². The second-order valence-electron chi connectivity index (χ2n) is 6.79.